The third-order valence-corrected chi connectivity index (χ3v) is 15.5. The summed E-state index contributed by atoms with van der Waals surface area (Å²) in [6.07, 6.45) is -0.793. The molecule has 0 fully saturated rings. The van der Waals surface area contributed by atoms with E-state index >= 15 is 0 Å². The average Bonchev–Trinajstić information content (AvgIpc) is 2.90. The molecule has 0 radical (unpaired) electrons. The number of carboxylic acid groups (broad SMARTS) is 1. The van der Waals surface area contributed by atoms with Crippen molar-refractivity contribution in [2.45, 2.75) is 116 Å². The fraction of sp³-hybridized carbons (Fsp3) is 0.556. The third kappa shape index (κ3) is 9.79. The molecule has 1 heterocycles. The summed E-state index contributed by atoms with van der Waals surface area (Å²) in [6, 6.07) is 14.0. The number of ether oxygens (including phenoxy) is 1. The van der Waals surface area contributed by atoms with E-state index in [2.05, 4.69) is 92.6 Å². The Kier molecular flexibility index (Phi) is 11.9. The van der Waals surface area contributed by atoms with Crippen LogP contribution in [0.2, 0.25) is 48.8 Å². The van der Waals surface area contributed by atoms with Crippen molar-refractivity contribution in [2.75, 3.05) is 13.2 Å². The predicted octanol–water partition coefficient (Wildman–Crippen LogP) is 10.0. The summed E-state index contributed by atoms with van der Waals surface area (Å²) in [6.45, 7) is 26.8. The number of nitrogens with zero attached hydrogens (tertiary/aromatic N) is 1. The summed E-state index contributed by atoms with van der Waals surface area (Å²) >= 11 is 6.36. The van der Waals surface area contributed by atoms with Gasteiger partial charge in [0.1, 0.15) is 6.10 Å². The fourth-order valence-electron chi connectivity index (χ4n) is 5.50. The normalized spacial score (nSPS) is 14.4. The van der Waals surface area contributed by atoms with E-state index in [0.29, 0.717) is 18.1 Å². The van der Waals surface area contributed by atoms with Crippen molar-refractivity contribution in [3.8, 4) is 11.1 Å². The van der Waals surface area contributed by atoms with Crippen LogP contribution in [0.15, 0.2) is 47.3 Å². The molecule has 1 amide bonds. The van der Waals surface area contributed by atoms with Gasteiger partial charge < -0.3 is 24.2 Å². The maximum absolute atomic E-state index is 13.7. The van der Waals surface area contributed by atoms with Crippen LogP contribution in [0.1, 0.15) is 71.2 Å². The second kappa shape index (κ2) is 14.4. The SMILES string of the molecule is Cc1cc2c(ccc(=O)n2C(CC[Si](C)(C)C)CNC(=O)O)c(-c2ccc(Cl)cc2)c1[C@@H](CO[Si](C)(C)C(C)(C)C)OC(C)(C)C. The van der Waals surface area contributed by atoms with Crippen molar-refractivity contribution < 1.29 is 19.1 Å². The predicted molar refractivity (Wildman–Crippen MR) is 198 cm³/mol. The number of rotatable bonds is 12. The number of pyridine rings is 1. The summed E-state index contributed by atoms with van der Waals surface area (Å²) in [5.41, 5.74) is 4.06. The van der Waals surface area contributed by atoms with Crippen molar-refractivity contribution in [2.24, 2.45) is 0 Å². The number of aromatic nitrogens is 1. The number of carbonyl (C=O) groups is 1. The van der Waals surface area contributed by atoms with Crippen LogP contribution < -0.4 is 10.9 Å². The van der Waals surface area contributed by atoms with Gasteiger partial charge in [-0.15, -0.1) is 0 Å². The lowest BCUT2D eigenvalue weighted by molar-refractivity contribution is -0.0799. The van der Waals surface area contributed by atoms with Crippen LogP contribution >= 0.6 is 11.6 Å². The first-order valence-corrected chi connectivity index (χ1v) is 23.2. The second-order valence-electron chi connectivity index (χ2n) is 16.2. The molecule has 7 nitrogen and oxygen atoms in total. The molecule has 0 bridgehead atoms. The lowest BCUT2D eigenvalue weighted by Crippen LogP contribution is -2.42. The van der Waals surface area contributed by atoms with Crippen LogP contribution in [0.4, 0.5) is 4.79 Å². The lowest BCUT2D eigenvalue weighted by atomic mass is 9.88. The molecule has 254 valence electrons. The van der Waals surface area contributed by atoms with E-state index in [0.717, 1.165) is 39.2 Å². The first-order valence-electron chi connectivity index (χ1n) is 16.2. The molecule has 2 N–H and O–H groups in total. The fourth-order valence-corrected chi connectivity index (χ4v) is 7.83. The van der Waals surface area contributed by atoms with Gasteiger partial charge in [0.2, 0.25) is 0 Å². The maximum Gasteiger partial charge on any atom is 0.404 e. The lowest BCUT2D eigenvalue weighted by Gasteiger charge is -2.39. The van der Waals surface area contributed by atoms with E-state index in [9.17, 15) is 14.7 Å². The molecule has 10 heteroatoms. The summed E-state index contributed by atoms with van der Waals surface area (Å²) < 4.78 is 15.4. The number of fused-ring (bicyclic) bond motifs is 1. The molecule has 2 aromatic carbocycles. The van der Waals surface area contributed by atoms with Crippen molar-refractivity contribution in [3.63, 3.8) is 0 Å². The molecule has 3 rings (SSSR count). The van der Waals surface area contributed by atoms with E-state index < -0.39 is 28.1 Å². The standard InChI is InChI=1S/C36H55ClN2O5Si2/c1-24-21-29-28(17-18-31(40)39(29)27(22-38-34(41)42)19-20-45(8,9)10)33(25-13-15-26(37)16-14-25)32(24)30(44-35(2,3)4)23-43-46(11,12)36(5,6)7/h13-18,21,27,30,38H,19-20,22-23H2,1-12H3,(H,41,42)/t27?,30-/m1/s1. The summed E-state index contributed by atoms with van der Waals surface area (Å²) in [5, 5.41) is 13.6. The molecule has 3 aromatic rings. The van der Waals surface area contributed by atoms with Crippen LogP contribution in [0.3, 0.4) is 0 Å². The van der Waals surface area contributed by atoms with Gasteiger partial charge in [0.05, 0.1) is 23.8 Å². The molecular formula is C36H55ClN2O5Si2. The Bertz CT molecular complexity index is 1580. The van der Waals surface area contributed by atoms with E-state index in [-0.39, 0.29) is 29.3 Å². The van der Waals surface area contributed by atoms with Gasteiger partial charge >= 0.3 is 6.09 Å². The van der Waals surface area contributed by atoms with Gasteiger partial charge in [-0.05, 0) is 98.8 Å². The highest BCUT2D eigenvalue weighted by atomic mass is 35.5. The smallest absolute Gasteiger partial charge is 0.404 e. The zero-order valence-electron chi connectivity index (χ0n) is 29.9. The van der Waals surface area contributed by atoms with Crippen LogP contribution in [0, 0.1) is 6.92 Å². The Hall–Kier alpha value is -2.44. The second-order valence-corrected chi connectivity index (χ2v) is 27.1. The highest BCUT2D eigenvalue weighted by Gasteiger charge is 2.39. The van der Waals surface area contributed by atoms with Crippen molar-refractivity contribution in [1.82, 2.24) is 9.88 Å². The molecule has 0 spiro atoms. The number of benzene rings is 2. The van der Waals surface area contributed by atoms with Gasteiger partial charge in [0.25, 0.3) is 5.56 Å². The van der Waals surface area contributed by atoms with Gasteiger partial charge in [-0.3, -0.25) is 4.79 Å². The molecule has 1 aromatic heterocycles. The first kappa shape index (κ1) is 38.0. The Labute approximate surface area is 282 Å². The summed E-state index contributed by atoms with van der Waals surface area (Å²) in [5.74, 6) is 0. The molecule has 0 aliphatic rings. The van der Waals surface area contributed by atoms with Gasteiger partial charge in [-0.1, -0.05) is 70.2 Å². The highest BCUT2D eigenvalue weighted by Crippen LogP contribution is 2.43. The zero-order valence-corrected chi connectivity index (χ0v) is 32.7. The first-order chi connectivity index (χ1) is 21.0. The molecule has 0 saturated carbocycles. The minimum Gasteiger partial charge on any atom is -0.465 e. The maximum atomic E-state index is 13.7. The van der Waals surface area contributed by atoms with Crippen LogP contribution in [0.25, 0.3) is 22.0 Å². The number of nitrogens with one attached hydrogen (secondary N) is 1. The molecule has 0 aliphatic heterocycles. The topological polar surface area (TPSA) is 89.8 Å². The number of halogens is 1. The number of hydrogen-bond acceptors (Lipinski definition) is 4. The Morgan fingerprint density at radius 1 is 1.00 bits per heavy atom. The molecular weight excluding hydrogens is 632 g/mol. The number of amides is 1. The van der Waals surface area contributed by atoms with Crippen LogP contribution in [-0.2, 0) is 9.16 Å². The van der Waals surface area contributed by atoms with E-state index in [1.165, 1.54) is 0 Å². The Morgan fingerprint density at radius 2 is 1.61 bits per heavy atom. The summed E-state index contributed by atoms with van der Waals surface area (Å²) in [4.78, 5) is 25.3. The van der Waals surface area contributed by atoms with Crippen molar-refractivity contribution >= 4 is 45.0 Å². The number of aryl methyl sites for hydroxylation is 1. The molecule has 1 unspecified atom stereocenters. The molecule has 2 atom stereocenters. The quantitative estimate of drug-likeness (QED) is 0.185. The third-order valence-electron chi connectivity index (χ3n) is 8.92. The molecule has 0 aliphatic carbocycles. The highest BCUT2D eigenvalue weighted by molar-refractivity contribution is 6.76. The Morgan fingerprint density at radius 3 is 2.13 bits per heavy atom. The minimum absolute atomic E-state index is 0.0295. The monoisotopic (exact) mass is 686 g/mol. The minimum atomic E-state index is -2.12. The Balaban J connectivity index is 2.39. The van der Waals surface area contributed by atoms with Gasteiger partial charge in [-0.2, -0.15) is 0 Å². The van der Waals surface area contributed by atoms with Crippen LogP contribution in [-0.4, -0.2) is 50.9 Å². The van der Waals surface area contributed by atoms with Crippen LogP contribution in [0.5, 0.6) is 0 Å². The van der Waals surface area contributed by atoms with E-state index in [1.54, 1.807) is 10.6 Å². The van der Waals surface area contributed by atoms with Crippen molar-refractivity contribution in [3.05, 3.63) is 69.0 Å². The van der Waals surface area contributed by atoms with E-state index in [4.69, 9.17) is 20.8 Å². The zero-order chi connectivity index (χ0) is 34.8. The van der Waals surface area contributed by atoms with Gasteiger partial charge in [0.15, 0.2) is 8.32 Å². The number of hydrogen-bond donors (Lipinski definition) is 2. The largest absolute Gasteiger partial charge is 0.465 e. The van der Waals surface area contributed by atoms with E-state index in [1.807, 2.05) is 30.3 Å². The molecule has 46 heavy (non-hydrogen) atoms. The summed E-state index contributed by atoms with van der Waals surface area (Å²) in [7, 11) is -3.61. The van der Waals surface area contributed by atoms with Gasteiger partial charge in [-0.25, -0.2) is 4.79 Å². The van der Waals surface area contributed by atoms with Crippen molar-refractivity contribution in [1.29, 1.82) is 0 Å². The average molecular weight is 687 g/mol. The molecule has 0 saturated heterocycles. The van der Waals surface area contributed by atoms with Gasteiger partial charge in [0, 0.05) is 31.1 Å².